The van der Waals surface area contributed by atoms with Crippen molar-refractivity contribution in [2.24, 2.45) is 0 Å². The number of methoxy groups -OCH3 is 1. The van der Waals surface area contributed by atoms with Crippen LogP contribution >= 0.6 is 11.6 Å². The Balaban J connectivity index is 1.85. The van der Waals surface area contributed by atoms with Gasteiger partial charge in [0.15, 0.2) is 0 Å². The molecule has 1 heterocycles. The molecule has 0 saturated carbocycles. The number of nitrogens with one attached hydrogen (secondary N) is 2. The number of halogens is 1. The molecule has 0 aliphatic heterocycles. The second-order valence-corrected chi connectivity index (χ2v) is 6.54. The predicted octanol–water partition coefficient (Wildman–Crippen LogP) is 3.05. The number of hydrogen-bond acceptors (Lipinski definition) is 4. The van der Waals surface area contributed by atoms with Crippen molar-refractivity contribution in [1.29, 1.82) is 0 Å². The quantitative estimate of drug-likeness (QED) is 0.600. The Morgan fingerprint density at radius 1 is 1.07 bits per heavy atom. The van der Waals surface area contributed by atoms with Crippen LogP contribution in [0, 0.1) is 0 Å². The van der Waals surface area contributed by atoms with Gasteiger partial charge in [-0.2, -0.15) is 0 Å². The number of ether oxygens (including phenoxy) is 1. The standard InChI is InChI=1S/C21H20ClN3O3/c1-28-11-10-23-20(26)13-24-21(27)17-12-19(14-6-8-15(22)9-7-14)25-18-5-3-2-4-16(17)18/h2-9,12H,10-11,13H2,1H3,(H,23,26)(H,24,27). The monoisotopic (exact) mass is 397 g/mol. The summed E-state index contributed by atoms with van der Waals surface area (Å²) in [5, 5.41) is 6.68. The number of pyridine rings is 1. The minimum atomic E-state index is -0.337. The van der Waals surface area contributed by atoms with Crippen molar-refractivity contribution in [2.75, 3.05) is 26.8 Å². The lowest BCUT2D eigenvalue weighted by molar-refractivity contribution is -0.120. The number of rotatable bonds is 7. The highest BCUT2D eigenvalue weighted by Gasteiger charge is 2.14. The van der Waals surface area contributed by atoms with E-state index in [0.717, 1.165) is 10.9 Å². The Bertz CT molecular complexity index is 990. The molecule has 0 fully saturated rings. The van der Waals surface area contributed by atoms with Crippen LogP contribution < -0.4 is 10.6 Å². The molecule has 0 aliphatic rings. The van der Waals surface area contributed by atoms with Crippen molar-refractivity contribution in [2.45, 2.75) is 0 Å². The van der Waals surface area contributed by atoms with E-state index in [1.54, 1.807) is 25.3 Å². The molecule has 0 atom stereocenters. The van der Waals surface area contributed by atoms with Gasteiger partial charge in [-0.25, -0.2) is 4.98 Å². The van der Waals surface area contributed by atoms with E-state index in [9.17, 15) is 9.59 Å². The van der Waals surface area contributed by atoms with Gasteiger partial charge in [-0.1, -0.05) is 41.9 Å². The number of amides is 2. The van der Waals surface area contributed by atoms with Crippen molar-refractivity contribution in [3.05, 3.63) is 65.2 Å². The molecular formula is C21H20ClN3O3. The van der Waals surface area contributed by atoms with Crippen LogP contribution in [0.5, 0.6) is 0 Å². The van der Waals surface area contributed by atoms with E-state index in [4.69, 9.17) is 16.3 Å². The summed E-state index contributed by atoms with van der Waals surface area (Å²) in [5.74, 6) is -0.614. The normalized spacial score (nSPS) is 10.6. The lowest BCUT2D eigenvalue weighted by Crippen LogP contribution is -2.38. The molecule has 1 aromatic heterocycles. The second kappa shape index (κ2) is 9.30. The van der Waals surface area contributed by atoms with Crippen LogP contribution in [-0.2, 0) is 9.53 Å². The van der Waals surface area contributed by atoms with E-state index >= 15 is 0 Å². The molecule has 3 rings (SSSR count). The smallest absolute Gasteiger partial charge is 0.252 e. The van der Waals surface area contributed by atoms with E-state index in [-0.39, 0.29) is 18.4 Å². The third-order valence-electron chi connectivity index (χ3n) is 4.14. The summed E-state index contributed by atoms with van der Waals surface area (Å²) in [4.78, 5) is 29.2. The third kappa shape index (κ3) is 4.85. The van der Waals surface area contributed by atoms with Gasteiger partial charge >= 0.3 is 0 Å². The summed E-state index contributed by atoms with van der Waals surface area (Å²) in [6, 6.07) is 16.4. The van der Waals surface area contributed by atoms with Crippen LogP contribution in [0.3, 0.4) is 0 Å². The largest absolute Gasteiger partial charge is 0.383 e. The molecule has 7 heteroatoms. The maximum atomic E-state index is 12.8. The van der Waals surface area contributed by atoms with E-state index < -0.39 is 0 Å². The van der Waals surface area contributed by atoms with Crippen LogP contribution in [0.15, 0.2) is 54.6 Å². The Morgan fingerprint density at radius 2 is 1.82 bits per heavy atom. The topological polar surface area (TPSA) is 80.3 Å². The first-order valence-electron chi connectivity index (χ1n) is 8.78. The van der Waals surface area contributed by atoms with Gasteiger partial charge in [-0.05, 0) is 24.3 Å². The average molecular weight is 398 g/mol. The summed E-state index contributed by atoms with van der Waals surface area (Å²) in [5.41, 5.74) is 2.66. The van der Waals surface area contributed by atoms with Crippen molar-refractivity contribution in [3.8, 4) is 11.3 Å². The van der Waals surface area contributed by atoms with Crippen LogP contribution in [0.4, 0.5) is 0 Å². The SMILES string of the molecule is COCCNC(=O)CNC(=O)c1cc(-c2ccc(Cl)cc2)nc2ccccc12. The fraction of sp³-hybridized carbons (Fsp3) is 0.190. The van der Waals surface area contributed by atoms with Gasteiger partial charge in [-0.15, -0.1) is 0 Å². The number of fused-ring (bicyclic) bond motifs is 1. The number of carbonyl (C=O) groups is 2. The summed E-state index contributed by atoms with van der Waals surface area (Å²) < 4.78 is 4.88. The first kappa shape index (κ1) is 19.8. The van der Waals surface area contributed by atoms with Crippen molar-refractivity contribution in [1.82, 2.24) is 15.6 Å². The van der Waals surface area contributed by atoms with Gasteiger partial charge in [-0.3, -0.25) is 9.59 Å². The van der Waals surface area contributed by atoms with E-state index in [0.29, 0.717) is 34.9 Å². The Morgan fingerprint density at radius 3 is 2.57 bits per heavy atom. The molecule has 0 spiro atoms. The molecule has 28 heavy (non-hydrogen) atoms. The lowest BCUT2D eigenvalue weighted by Gasteiger charge is -2.11. The maximum Gasteiger partial charge on any atom is 0.252 e. The zero-order valence-corrected chi connectivity index (χ0v) is 16.1. The highest BCUT2D eigenvalue weighted by atomic mass is 35.5. The minimum Gasteiger partial charge on any atom is -0.383 e. The van der Waals surface area contributed by atoms with Crippen LogP contribution in [0.1, 0.15) is 10.4 Å². The highest BCUT2D eigenvalue weighted by molar-refractivity contribution is 6.30. The van der Waals surface area contributed by atoms with Crippen molar-refractivity contribution >= 4 is 34.3 Å². The summed E-state index contributed by atoms with van der Waals surface area (Å²) in [7, 11) is 1.56. The number of benzene rings is 2. The fourth-order valence-electron chi connectivity index (χ4n) is 2.74. The van der Waals surface area contributed by atoms with Gasteiger partial charge in [0.25, 0.3) is 5.91 Å². The molecule has 0 radical (unpaired) electrons. The highest BCUT2D eigenvalue weighted by Crippen LogP contribution is 2.25. The minimum absolute atomic E-state index is 0.116. The van der Waals surface area contributed by atoms with E-state index in [1.165, 1.54) is 0 Å². The van der Waals surface area contributed by atoms with Crippen molar-refractivity contribution in [3.63, 3.8) is 0 Å². The number of para-hydroxylation sites is 1. The fourth-order valence-corrected chi connectivity index (χ4v) is 2.87. The molecule has 0 bridgehead atoms. The van der Waals surface area contributed by atoms with Gasteiger partial charge in [0.05, 0.1) is 29.9 Å². The maximum absolute atomic E-state index is 12.8. The first-order chi connectivity index (χ1) is 13.6. The summed E-state index contributed by atoms with van der Waals surface area (Å²) >= 11 is 5.96. The molecule has 3 aromatic rings. The molecule has 2 aromatic carbocycles. The molecule has 6 nitrogen and oxygen atoms in total. The van der Waals surface area contributed by atoms with Crippen molar-refractivity contribution < 1.29 is 14.3 Å². The predicted molar refractivity (Wildman–Crippen MR) is 109 cm³/mol. The lowest BCUT2D eigenvalue weighted by atomic mass is 10.0. The van der Waals surface area contributed by atoms with Crippen LogP contribution in [0.25, 0.3) is 22.2 Å². The third-order valence-corrected chi connectivity index (χ3v) is 4.39. The van der Waals surface area contributed by atoms with Crippen LogP contribution in [0.2, 0.25) is 5.02 Å². The van der Waals surface area contributed by atoms with Crippen LogP contribution in [-0.4, -0.2) is 43.6 Å². The zero-order chi connectivity index (χ0) is 19.9. The molecule has 0 saturated heterocycles. The molecule has 0 aliphatic carbocycles. The van der Waals surface area contributed by atoms with Gasteiger partial charge in [0.1, 0.15) is 0 Å². The zero-order valence-electron chi connectivity index (χ0n) is 15.4. The number of hydrogen-bond donors (Lipinski definition) is 2. The summed E-state index contributed by atoms with van der Waals surface area (Å²) in [6.07, 6.45) is 0. The molecular weight excluding hydrogens is 378 g/mol. The van der Waals surface area contributed by atoms with Gasteiger partial charge < -0.3 is 15.4 Å². The first-order valence-corrected chi connectivity index (χ1v) is 9.16. The van der Waals surface area contributed by atoms with Gasteiger partial charge in [0.2, 0.25) is 5.91 Å². The Labute approximate surface area is 167 Å². The average Bonchev–Trinajstić information content (AvgIpc) is 2.72. The summed E-state index contributed by atoms with van der Waals surface area (Å²) in [6.45, 7) is 0.693. The van der Waals surface area contributed by atoms with E-state index in [2.05, 4.69) is 15.6 Å². The number of aromatic nitrogens is 1. The number of carbonyl (C=O) groups excluding carboxylic acids is 2. The molecule has 144 valence electrons. The van der Waals surface area contributed by atoms with Gasteiger partial charge in [0, 0.05) is 29.6 Å². The number of nitrogens with zero attached hydrogens (tertiary/aromatic N) is 1. The Kier molecular flexibility index (Phi) is 6.57. The molecule has 0 unspecified atom stereocenters. The second-order valence-electron chi connectivity index (χ2n) is 6.10. The molecule has 2 N–H and O–H groups in total. The Hall–Kier alpha value is -2.96. The molecule has 2 amide bonds. The van der Waals surface area contributed by atoms with E-state index in [1.807, 2.05) is 36.4 Å².